The molecule has 0 radical (unpaired) electrons. The molecular weight excluding hydrogens is 352 g/mol. The van der Waals surface area contributed by atoms with Crippen molar-refractivity contribution in [2.75, 3.05) is 29.4 Å². The van der Waals surface area contributed by atoms with E-state index >= 15 is 0 Å². The van der Waals surface area contributed by atoms with Crippen LogP contribution in [0.4, 0.5) is 16.2 Å². The van der Waals surface area contributed by atoms with E-state index in [2.05, 4.69) is 11.4 Å². The van der Waals surface area contributed by atoms with E-state index in [-0.39, 0.29) is 25.3 Å². The number of carbonyl (C=O) groups excluding carboxylic acids is 2. The van der Waals surface area contributed by atoms with Crippen LogP contribution < -0.4 is 15.1 Å². The molecule has 1 aromatic rings. The molecule has 0 aromatic heterocycles. The first kappa shape index (κ1) is 18.7. The van der Waals surface area contributed by atoms with Gasteiger partial charge in [0.25, 0.3) is 0 Å². The molecule has 2 aliphatic heterocycles. The maximum atomic E-state index is 12.0. The SMILES string of the molecule is N#Cc1cc(N2CCC(=O)NC2=O)ccc1N1CCC(O)(CC(=O)O)CC1. The third-order valence-electron chi connectivity index (χ3n) is 4.98. The van der Waals surface area contributed by atoms with Crippen molar-refractivity contribution in [3.63, 3.8) is 0 Å². The molecule has 0 aliphatic carbocycles. The molecular formula is C18H20N4O5. The van der Waals surface area contributed by atoms with Crippen LogP contribution >= 0.6 is 0 Å². The lowest BCUT2D eigenvalue weighted by molar-refractivity contribution is -0.143. The van der Waals surface area contributed by atoms with Crippen molar-refractivity contribution in [1.29, 1.82) is 5.26 Å². The van der Waals surface area contributed by atoms with Crippen molar-refractivity contribution in [3.05, 3.63) is 23.8 Å². The predicted molar refractivity (Wildman–Crippen MR) is 95.3 cm³/mol. The van der Waals surface area contributed by atoms with Gasteiger partial charge >= 0.3 is 12.0 Å². The topological polar surface area (TPSA) is 134 Å². The Labute approximate surface area is 155 Å². The Morgan fingerprint density at radius 1 is 1.26 bits per heavy atom. The van der Waals surface area contributed by atoms with Crippen molar-refractivity contribution in [2.45, 2.75) is 31.3 Å². The number of piperidine rings is 1. The highest BCUT2D eigenvalue weighted by molar-refractivity contribution is 6.05. The van der Waals surface area contributed by atoms with Gasteiger partial charge in [0.05, 0.1) is 23.3 Å². The molecule has 2 fully saturated rings. The summed E-state index contributed by atoms with van der Waals surface area (Å²) in [5.41, 5.74) is 0.348. The predicted octanol–water partition coefficient (Wildman–Crippen LogP) is 0.811. The number of hydrogen-bond acceptors (Lipinski definition) is 6. The van der Waals surface area contributed by atoms with Crippen LogP contribution in [-0.2, 0) is 9.59 Å². The second-order valence-corrected chi connectivity index (χ2v) is 6.85. The van der Waals surface area contributed by atoms with Crippen molar-refractivity contribution < 1.29 is 24.6 Å². The Balaban J connectivity index is 1.76. The minimum absolute atomic E-state index is 0.198. The number of aliphatic carboxylic acids is 1. The molecule has 0 saturated carbocycles. The first-order valence-electron chi connectivity index (χ1n) is 8.66. The number of rotatable bonds is 4. The molecule has 0 unspecified atom stereocenters. The first-order valence-corrected chi connectivity index (χ1v) is 8.66. The number of nitrogens with one attached hydrogen (secondary N) is 1. The molecule has 3 amide bonds. The Morgan fingerprint density at radius 2 is 1.96 bits per heavy atom. The third-order valence-corrected chi connectivity index (χ3v) is 4.98. The lowest BCUT2D eigenvalue weighted by Gasteiger charge is -2.39. The van der Waals surface area contributed by atoms with E-state index in [0.717, 1.165) is 0 Å². The zero-order valence-corrected chi connectivity index (χ0v) is 14.6. The molecule has 2 aliphatic rings. The normalized spacial score (nSPS) is 19.4. The minimum Gasteiger partial charge on any atom is -0.481 e. The van der Waals surface area contributed by atoms with Crippen LogP contribution in [-0.4, -0.2) is 53.4 Å². The lowest BCUT2D eigenvalue weighted by Crippen LogP contribution is -2.49. The number of urea groups is 1. The van der Waals surface area contributed by atoms with E-state index in [9.17, 15) is 24.8 Å². The number of imide groups is 1. The highest BCUT2D eigenvalue weighted by Crippen LogP contribution is 2.32. The Morgan fingerprint density at radius 3 is 2.56 bits per heavy atom. The second-order valence-electron chi connectivity index (χ2n) is 6.85. The van der Waals surface area contributed by atoms with E-state index in [1.165, 1.54) is 4.90 Å². The minimum atomic E-state index is -1.23. The van der Waals surface area contributed by atoms with Crippen LogP contribution in [0.3, 0.4) is 0 Å². The number of carboxylic acid groups (broad SMARTS) is 1. The number of aliphatic hydroxyl groups is 1. The molecule has 3 N–H and O–H groups in total. The molecule has 3 rings (SSSR count). The molecule has 2 saturated heterocycles. The van der Waals surface area contributed by atoms with Gasteiger partial charge in [0.15, 0.2) is 0 Å². The van der Waals surface area contributed by atoms with Crippen molar-refractivity contribution >= 4 is 29.3 Å². The number of amides is 3. The molecule has 142 valence electrons. The van der Waals surface area contributed by atoms with Gasteiger partial charge < -0.3 is 15.1 Å². The molecule has 2 heterocycles. The van der Waals surface area contributed by atoms with E-state index < -0.39 is 17.6 Å². The maximum absolute atomic E-state index is 12.0. The summed E-state index contributed by atoms with van der Waals surface area (Å²) in [6.07, 6.45) is 0.489. The van der Waals surface area contributed by atoms with Crippen molar-refractivity contribution in [2.24, 2.45) is 0 Å². The van der Waals surface area contributed by atoms with Crippen LogP contribution in [0.1, 0.15) is 31.2 Å². The fourth-order valence-corrected chi connectivity index (χ4v) is 3.49. The van der Waals surface area contributed by atoms with E-state index in [1.54, 1.807) is 18.2 Å². The zero-order valence-electron chi connectivity index (χ0n) is 14.6. The van der Waals surface area contributed by atoms with E-state index in [0.29, 0.717) is 42.9 Å². The molecule has 9 heteroatoms. The van der Waals surface area contributed by atoms with E-state index in [1.807, 2.05) is 4.90 Å². The van der Waals surface area contributed by atoms with Gasteiger partial charge in [-0.3, -0.25) is 19.8 Å². The lowest BCUT2D eigenvalue weighted by atomic mass is 9.88. The Kier molecular flexibility index (Phi) is 5.01. The molecule has 1 aromatic carbocycles. The number of hydrogen-bond donors (Lipinski definition) is 3. The standard InChI is InChI=1S/C18H20N4O5/c19-11-12-9-13(22-6-3-15(23)20-17(22)26)1-2-14(12)21-7-4-18(27,5-8-21)10-16(24)25/h1-2,9,27H,3-8,10H2,(H,24,25)(H,20,23,26). The van der Waals surface area contributed by atoms with Gasteiger partial charge in [-0.2, -0.15) is 5.26 Å². The quantitative estimate of drug-likeness (QED) is 0.712. The summed E-state index contributed by atoms with van der Waals surface area (Å²) in [4.78, 5) is 37.5. The van der Waals surface area contributed by atoms with Gasteiger partial charge in [-0.05, 0) is 31.0 Å². The van der Waals surface area contributed by atoms with Crippen molar-refractivity contribution in [3.8, 4) is 6.07 Å². The van der Waals surface area contributed by atoms with Gasteiger partial charge in [0, 0.05) is 31.7 Å². The Bertz CT molecular complexity index is 824. The summed E-state index contributed by atoms with van der Waals surface area (Å²) < 4.78 is 0. The van der Waals surface area contributed by atoms with Gasteiger partial charge in [-0.1, -0.05) is 0 Å². The summed E-state index contributed by atoms with van der Waals surface area (Å²) in [6, 6.07) is 6.66. The molecule has 0 bridgehead atoms. The fraction of sp³-hybridized carbons (Fsp3) is 0.444. The smallest absolute Gasteiger partial charge is 0.328 e. The average molecular weight is 372 g/mol. The highest BCUT2D eigenvalue weighted by Gasteiger charge is 2.35. The fourth-order valence-electron chi connectivity index (χ4n) is 3.49. The van der Waals surface area contributed by atoms with Gasteiger partial charge in [0.2, 0.25) is 5.91 Å². The number of carboxylic acids is 1. The summed E-state index contributed by atoms with van der Waals surface area (Å²) >= 11 is 0. The molecule has 9 nitrogen and oxygen atoms in total. The van der Waals surface area contributed by atoms with Gasteiger partial charge in [0.1, 0.15) is 6.07 Å². The molecule has 0 spiro atoms. The monoisotopic (exact) mass is 372 g/mol. The number of nitriles is 1. The summed E-state index contributed by atoms with van der Waals surface area (Å²) in [7, 11) is 0. The van der Waals surface area contributed by atoms with Crippen LogP contribution in [0.5, 0.6) is 0 Å². The summed E-state index contributed by atoms with van der Waals surface area (Å²) in [5, 5.41) is 31.0. The van der Waals surface area contributed by atoms with Crippen LogP contribution in [0.15, 0.2) is 18.2 Å². The van der Waals surface area contributed by atoms with E-state index in [4.69, 9.17) is 5.11 Å². The summed E-state index contributed by atoms with van der Waals surface area (Å²) in [5.74, 6) is -1.36. The first-order chi connectivity index (χ1) is 12.8. The van der Waals surface area contributed by atoms with Gasteiger partial charge in [-0.25, -0.2) is 4.79 Å². The van der Waals surface area contributed by atoms with Gasteiger partial charge in [-0.15, -0.1) is 0 Å². The van der Waals surface area contributed by atoms with Crippen LogP contribution in [0, 0.1) is 11.3 Å². The number of carbonyl (C=O) groups is 3. The Hall–Kier alpha value is -3.12. The van der Waals surface area contributed by atoms with Crippen LogP contribution in [0.25, 0.3) is 0 Å². The highest BCUT2D eigenvalue weighted by atomic mass is 16.4. The van der Waals surface area contributed by atoms with Crippen LogP contribution in [0.2, 0.25) is 0 Å². The largest absolute Gasteiger partial charge is 0.481 e. The maximum Gasteiger partial charge on any atom is 0.328 e. The zero-order chi connectivity index (χ0) is 19.6. The second kappa shape index (κ2) is 7.25. The number of nitrogens with zero attached hydrogens (tertiary/aromatic N) is 3. The molecule has 27 heavy (non-hydrogen) atoms. The summed E-state index contributed by atoms with van der Waals surface area (Å²) in [6.45, 7) is 1.10. The molecule has 0 atom stereocenters. The van der Waals surface area contributed by atoms with Crippen molar-refractivity contribution in [1.82, 2.24) is 5.32 Å². The number of anilines is 2. The number of benzene rings is 1. The third kappa shape index (κ3) is 4.01. The average Bonchev–Trinajstić information content (AvgIpc) is 2.61.